The first-order chi connectivity index (χ1) is 18.3. The molecule has 1 saturated heterocycles. The fourth-order valence-electron chi connectivity index (χ4n) is 5.38. The van der Waals surface area contributed by atoms with Gasteiger partial charge in [0.05, 0.1) is 24.0 Å². The lowest BCUT2D eigenvalue weighted by molar-refractivity contribution is -0.137. The first kappa shape index (κ1) is 26.3. The van der Waals surface area contributed by atoms with Crippen molar-refractivity contribution in [2.45, 2.75) is 45.3 Å². The lowest BCUT2D eigenvalue weighted by Gasteiger charge is -2.18. The number of rotatable bonds is 9. The molecule has 2 aliphatic rings. The Labute approximate surface area is 225 Å². The minimum absolute atomic E-state index is 0.0525. The van der Waals surface area contributed by atoms with Gasteiger partial charge in [0.1, 0.15) is 30.0 Å². The maximum atomic E-state index is 11.7. The summed E-state index contributed by atoms with van der Waals surface area (Å²) in [6.45, 7) is 6.47. The zero-order valence-electron chi connectivity index (χ0n) is 21.9. The van der Waals surface area contributed by atoms with Crippen LogP contribution in [0, 0.1) is 13.8 Å². The van der Waals surface area contributed by atoms with E-state index < -0.39 is 17.0 Å². The van der Waals surface area contributed by atoms with E-state index in [0.717, 1.165) is 46.5 Å². The largest absolute Gasteiger partial charge is 0.492 e. The highest BCUT2D eigenvalue weighted by Gasteiger charge is 2.27. The Hall–Kier alpha value is -3.36. The molecule has 0 radical (unpaired) electrons. The van der Waals surface area contributed by atoms with E-state index in [9.17, 15) is 9.00 Å². The number of hydrogen-bond donors (Lipinski definition) is 1. The molecule has 7 nitrogen and oxygen atoms in total. The van der Waals surface area contributed by atoms with E-state index in [1.807, 2.05) is 34.6 Å². The van der Waals surface area contributed by atoms with Crippen LogP contribution in [0.3, 0.4) is 0 Å². The lowest BCUT2D eigenvalue weighted by atomic mass is 9.94. The maximum Gasteiger partial charge on any atom is 0.304 e. The van der Waals surface area contributed by atoms with Crippen LogP contribution in [0.4, 0.5) is 0 Å². The van der Waals surface area contributed by atoms with Gasteiger partial charge in [-0.05, 0) is 72.4 Å². The van der Waals surface area contributed by atoms with E-state index in [2.05, 4.69) is 38.1 Å². The normalized spacial score (nSPS) is 19.6. The van der Waals surface area contributed by atoms with Crippen molar-refractivity contribution in [3.63, 3.8) is 0 Å². The maximum absolute atomic E-state index is 11.7. The van der Waals surface area contributed by atoms with E-state index in [0.29, 0.717) is 31.3 Å². The van der Waals surface area contributed by atoms with Crippen molar-refractivity contribution in [2.24, 2.45) is 0 Å². The second kappa shape index (κ2) is 11.2. The van der Waals surface area contributed by atoms with Crippen LogP contribution in [0.15, 0.2) is 54.6 Å². The van der Waals surface area contributed by atoms with Crippen LogP contribution in [0.25, 0.3) is 11.1 Å². The summed E-state index contributed by atoms with van der Waals surface area (Å²) >= 11 is 0. The van der Waals surface area contributed by atoms with E-state index in [-0.39, 0.29) is 18.4 Å². The highest BCUT2D eigenvalue weighted by molar-refractivity contribution is 7.81. The number of carbonyl (C=O) groups is 1. The molecule has 2 aliphatic heterocycles. The molecule has 0 amide bonds. The van der Waals surface area contributed by atoms with Crippen LogP contribution in [0.1, 0.15) is 41.0 Å². The first-order valence-electron chi connectivity index (χ1n) is 12.8. The fraction of sp³-hybridized carbons (Fsp3) is 0.367. The number of fused-ring (bicyclic) bond motifs is 1. The summed E-state index contributed by atoms with van der Waals surface area (Å²) in [6, 6.07) is 18.1. The summed E-state index contributed by atoms with van der Waals surface area (Å²) < 4.78 is 31.7. The number of aliphatic carboxylic acids is 1. The van der Waals surface area contributed by atoms with Gasteiger partial charge < -0.3 is 19.3 Å². The minimum Gasteiger partial charge on any atom is -0.492 e. The van der Waals surface area contributed by atoms with Gasteiger partial charge >= 0.3 is 5.97 Å². The summed E-state index contributed by atoms with van der Waals surface area (Å²) in [7, 11) is -0.960. The predicted molar refractivity (Wildman–Crippen MR) is 147 cm³/mol. The third-order valence-electron chi connectivity index (χ3n) is 7.19. The molecule has 3 aromatic rings. The average Bonchev–Trinajstić information content (AvgIpc) is 3.49. The van der Waals surface area contributed by atoms with Crippen molar-refractivity contribution in [2.75, 3.05) is 26.0 Å². The number of nitrogens with zero attached hydrogens (tertiary/aromatic N) is 1. The Balaban J connectivity index is 1.26. The molecule has 2 heterocycles. The number of hydrogen-bond acceptors (Lipinski definition) is 5. The van der Waals surface area contributed by atoms with E-state index in [1.54, 1.807) is 6.26 Å². The summed E-state index contributed by atoms with van der Waals surface area (Å²) in [6.07, 6.45) is 2.70. The molecule has 0 spiro atoms. The predicted octanol–water partition coefficient (Wildman–Crippen LogP) is 5.25. The van der Waals surface area contributed by atoms with E-state index >= 15 is 0 Å². The van der Waals surface area contributed by atoms with Crippen LogP contribution >= 0.6 is 0 Å². The van der Waals surface area contributed by atoms with Gasteiger partial charge in [0, 0.05) is 36.9 Å². The number of carboxylic acids is 1. The van der Waals surface area contributed by atoms with Crippen LogP contribution in [0.5, 0.6) is 17.2 Å². The van der Waals surface area contributed by atoms with Gasteiger partial charge in [-0.15, -0.1) is 0 Å². The molecule has 0 bridgehead atoms. The molecule has 0 aromatic heterocycles. The van der Waals surface area contributed by atoms with Crippen LogP contribution in [0.2, 0.25) is 0 Å². The first-order valence-corrected chi connectivity index (χ1v) is 14.4. The third kappa shape index (κ3) is 5.87. The van der Waals surface area contributed by atoms with Gasteiger partial charge in [-0.3, -0.25) is 4.79 Å². The quantitative estimate of drug-likeness (QED) is 0.403. The monoisotopic (exact) mass is 535 g/mol. The van der Waals surface area contributed by atoms with Gasteiger partial charge in [0.25, 0.3) is 0 Å². The molecule has 1 fully saturated rings. The van der Waals surface area contributed by atoms with Crippen molar-refractivity contribution in [3.8, 4) is 28.4 Å². The average molecular weight is 536 g/mol. The van der Waals surface area contributed by atoms with Gasteiger partial charge in [0.15, 0.2) is 0 Å². The Morgan fingerprint density at radius 2 is 1.89 bits per heavy atom. The summed E-state index contributed by atoms with van der Waals surface area (Å²) in [5, 5.41) is 9.10. The van der Waals surface area contributed by atoms with Crippen LogP contribution in [-0.4, -0.2) is 51.6 Å². The van der Waals surface area contributed by atoms with Crippen LogP contribution < -0.4 is 14.2 Å². The number of carboxylic acid groups (broad SMARTS) is 1. The molecule has 3 atom stereocenters. The van der Waals surface area contributed by atoms with Crippen molar-refractivity contribution in [1.29, 1.82) is 0 Å². The Kier molecular flexibility index (Phi) is 7.72. The van der Waals surface area contributed by atoms with Crippen LogP contribution in [-0.2, 0) is 22.4 Å². The van der Waals surface area contributed by atoms with Gasteiger partial charge in [-0.2, -0.15) is 0 Å². The second-order valence-electron chi connectivity index (χ2n) is 10.1. The minimum atomic E-state index is -0.960. The molecule has 3 aromatic carbocycles. The number of benzene rings is 3. The zero-order chi connectivity index (χ0) is 26.8. The molecule has 0 saturated carbocycles. The fourth-order valence-corrected chi connectivity index (χ4v) is 6.12. The van der Waals surface area contributed by atoms with Gasteiger partial charge in [0.2, 0.25) is 0 Å². The summed E-state index contributed by atoms with van der Waals surface area (Å²) in [4.78, 5) is 11.1. The smallest absolute Gasteiger partial charge is 0.304 e. The summed E-state index contributed by atoms with van der Waals surface area (Å²) in [5.74, 6) is 1.29. The molecule has 0 aliphatic carbocycles. The molecular weight excluding hydrogens is 502 g/mol. The van der Waals surface area contributed by atoms with E-state index in [4.69, 9.17) is 19.3 Å². The Bertz CT molecular complexity index is 1350. The van der Waals surface area contributed by atoms with Gasteiger partial charge in [-0.25, -0.2) is 8.51 Å². The second-order valence-corrected chi connectivity index (χ2v) is 11.4. The van der Waals surface area contributed by atoms with Crippen molar-refractivity contribution < 1.29 is 28.3 Å². The molecule has 8 heteroatoms. The molecule has 1 N–H and O–H groups in total. The molecule has 1 unspecified atom stereocenters. The van der Waals surface area contributed by atoms with Crippen molar-refractivity contribution in [3.05, 3.63) is 76.9 Å². The topological polar surface area (TPSA) is 85.3 Å². The molecule has 38 heavy (non-hydrogen) atoms. The lowest BCUT2D eigenvalue weighted by Crippen LogP contribution is -2.26. The standard InChI is InChI=1S/C30H33NO6S/c1-19-11-26(37-25-9-10-31(16-25)38(3)34)12-20(2)30(19)22-6-4-5-21(13-22)17-35-24-7-8-27-23(14-29(32)33)18-36-28(27)15-24/h4-8,11-13,15,23,25H,9-10,14,16-18H2,1-3H3,(H,32,33)/t23-,25-,38?/m1/s1. The van der Waals surface area contributed by atoms with E-state index in [1.165, 1.54) is 5.56 Å². The Morgan fingerprint density at radius 1 is 1.11 bits per heavy atom. The molecule has 5 rings (SSSR count). The number of aryl methyl sites for hydroxylation is 2. The van der Waals surface area contributed by atoms with Crippen molar-refractivity contribution >= 4 is 17.0 Å². The summed E-state index contributed by atoms with van der Waals surface area (Å²) in [5.41, 5.74) is 6.54. The SMILES string of the molecule is Cc1cc(O[C@@H]2CCN(S(C)=O)C2)cc(C)c1-c1cccc(COc2ccc3c(c2)OC[C@H]3CC(=O)O)c1. The molecule has 200 valence electrons. The highest BCUT2D eigenvalue weighted by Crippen LogP contribution is 2.38. The van der Waals surface area contributed by atoms with Gasteiger partial charge in [-0.1, -0.05) is 24.3 Å². The van der Waals surface area contributed by atoms with Crippen molar-refractivity contribution in [1.82, 2.24) is 4.31 Å². The third-order valence-corrected chi connectivity index (χ3v) is 8.25. The number of ether oxygens (including phenoxy) is 3. The highest BCUT2D eigenvalue weighted by atomic mass is 32.2. The zero-order valence-corrected chi connectivity index (χ0v) is 22.8. The Morgan fingerprint density at radius 3 is 2.61 bits per heavy atom. The molecular formula is C30H33NO6S.